The van der Waals surface area contributed by atoms with E-state index in [1.54, 1.807) is 0 Å². The summed E-state index contributed by atoms with van der Waals surface area (Å²) in [5.74, 6) is 0.875. The van der Waals surface area contributed by atoms with Crippen molar-refractivity contribution in [1.82, 2.24) is 5.16 Å². The summed E-state index contributed by atoms with van der Waals surface area (Å²) in [5.41, 5.74) is 3.18. The van der Waals surface area contributed by atoms with Crippen molar-refractivity contribution in [3.8, 4) is 0 Å². The fraction of sp³-hybridized carbons (Fsp3) is 0.250. The topological polar surface area (TPSA) is 38.1 Å². The lowest BCUT2D eigenvalue weighted by Crippen LogP contribution is -2.02. The maximum Gasteiger partial charge on any atom is 0.138 e. The Hall–Kier alpha value is -0.560. The number of aryl methyl sites for hydroxylation is 2. The Morgan fingerprint density at radius 3 is 2.82 bits per heavy atom. The number of nitrogens with one attached hydrogen (secondary N) is 1. The van der Waals surface area contributed by atoms with Gasteiger partial charge in [0.1, 0.15) is 5.76 Å². The Labute approximate surface area is 122 Å². The Kier molecular flexibility index (Phi) is 4.09. The van der Waals surface area contributed by atoms with E-state index in [-0.39, 0.29) is 0 Å². The molecule has 0 fully saturated rings. The predicted molar refractivity (Wildman–Crippen MR) is 80.2 cm³/mol. The van der Waals surface area contributed by atoms with Crippen LogP contribution in [0.4, 0.5) is 5.69 Å². The molecule has 2 rings (SSSR count). The fourth-order valence-corrected chi connectivity index (χ4v) is 2.46. The Balaban J connectivity index is 2.15. The summed E-state index contributed by atoms with van der Waals surface area (Å²) in [6.07, 6.45) is 0. The zero-order valence-corrected chi connectivity index (χ0v) is 13.3. The van der Waals surface area contributed by atoms with Crippen LogP contribution in [0.5, 0.6) is 0 Å². The van der Waals surface area contributed by atoms with Crippen molar-refractivity contribution in [2.24, 2.45) is 0 Å². The molecule has 0 atom stereocenters. The summed E-state index contributed by atoms with van der Waals surface area (Å²) in [4.78, 5) is 0. The minimum atomic E-state index is 0.730. The van der Waals surface area contributed by atoms with Gasteiger partial charge in [-0.2, -0.15) is 0 Å². The second-order valence-corrected chi connectivity index (χ2v) is 5.86. The first-order valence-electron chi connectivity index (χ1n) is 5.18. The van der Waals surface area contributed by atoms with Crippen molar-refractivity contribution in [2.75, 3.05) is 5.32 Å². The molecule has 1 aromatic carbocycles. The predicted octanol–water partition coefficient (Wildman–Crippen LogP) is 4.27. The Bertz CT molecular complexity index is 520. The normalized spacial score (nSPS) is 10.6. The standard InChI is InChI=1S/C12H12BrIN2O/c1-7-10(8(2)17-16-7)6-15-12-5-9(13)3-4-11(12)14/h3-5,15H,6H2,1-2H3. The van der Waals surface area contributed by atoms with Crippen molar-refractivity contribution in [3.05, 3.63) is 43.3 Å². The quantitative estimate of drug-likeness (QED) is 0.773. The summed E-state index contributed by atoms with van der Waals surface area (Å²) in [5, 5.41) is 7.34. The first-order chi connectivity index (χ1) is 8.08. The van der Waals surface area contributed by atoms with E-state index >= 15 is 0 Å². The molecule has 0 aliphatic rings. The van der Waals surface area contributed by atoms with Crippen LogP contribution in [-0.2, 0) is 6.54 Å². The van der Waals surface area contributed by atoms with Gasteiger partial charge in [0, 0.05) is 25.8 Å². The van der Waals surface area contributed by atoms with Gasteiger partial charge in [0.05, 0.1) is 5.69 Å². The molecular weight excluding hydrogens is 395 g/mol. The molecule has 1 heterocycles. The molecule has 1 aromatic heterocycles. The summed E-state index contributed by atoms with van der Waals surface area (Å²) in [6, 6.07) is 6.17. The summed E-state index contributed by atoms with van der Waals surface area (Å²) < 4.78 is 7.40. The van der Waals surface area contributed by atoms with Gasteiger partial charge in [0.2, 0.25) is 0 Å². The van der Waals surface area contributed by atoms with Gasteiger partial charge in [-0.25, -0.2) is 0 Å². The van der Waals surface area contributed by atoms with E-state index in [2.05, 4.69) is 61.1 Å². The number of benzene rings is 1. The third-order valence-corrected chi connectivity index (χ3v) is 4.00. The molecule has 90 valence electrons. The van der Waals surface area contributed by atoms with E-state index in [4.69, 9.17) is 4.52 Å². The highest BCUT2D eigenvalue weighted by molar-refractivity contribution is 14.1. The van der Waals surface area contributed by atoms with Gasteiger partial charge in [0.25, 0.3) is 0 Å². The van der Waals surface area contributed by atoms with Crippen LogP contribution in [0.2, 0.25) is 0 Å². The van der Waals surface area contributed by atoms with Gasteiger partial charge >= 0.3 is 0 Å². The average molecular weight is 407 g/mol. The number of rotatable bonds is 3. The first-order valence-corrected chi connectivity index (χ1v) is 7.06. The second kappa shape index (κ2) is 5.39. The Morgan fingerprint density at radius 2 is 2.18 bits per heavy atom. The molecular formula is C12H12BrIN2O. The second-order valence-electron chi connectivity index (χ2n) is 3.78. The number of anilines is 1. The molecule has 3 nitrogen and oxygen atoms in total. The van der Waals surface area contributed by atoms with Crippen molar-refractivity contribution in [1.29, 1.82) is 0 Å². The van der Waals surface area contributed by atoms with Crippen molar-refractivity contribution < 1.29 is 4.52 Å². The van der Waals surface area contributed by atoms with Crippen LogP contribution < -0.4 is 5.32 Å². The highest BCUT2D eigenvalue weighted by Gasteiger charge is 2.09. The molecule has 0 aliphatic heterocycles. The van der Waals surface area contributed by atoms with Gasteiger partial charge in [0.15, 0.2) is 0 Å². The summed E-state index contributed by atoms with van der Waals surface area (Å²) in [6.45, 7) is 4.62. The van der Waals surface area contributed by atoms with Crippen LogP contribution in [0.25, 0.3) is 0 Å². The minimum Gasteiger partial charge on any atom is -0.380 e. The van der Waals surface area contributed by atoms with Crippen LogP contribution in [0.15, 0.2) is 27.2 Å². The molecule has 5 heteroatoms. The first kappa shape index (κ1) is 12.9. The highest BCUT2D eigenvalue weighted by Crippen LogP contribution is 2.24. The number of aromatic nitrogens is 1. The van der Waals surface area contributed by atoms with Gasteiger partial charge in [-0.05, 0) is 54.6 Å². The lowest BCUT2D eigenvalue weighted by Gasteiger charge is -2.08. The van der Waals surface area contributed by atoms with E-state index in [1.807, 2.05) is 19.9 Å². The van der Waals surface area contributed by atoms with Crippen LogP contribution >= 0.6 is 38.5 Å². The zero-order chi connectivity index (χ0) is 12.4. The SMILES string of the molecule is Cc1noc(C)c1CNc1cc(Br)ccc1I. The zero-order valence-electron chi connectivity index (χ0n) is 9.55. The molecule has 0 bridgehead atoms. The molecule has 2 aromatic rings. The van der Waals surface area contributed by atoms with Crippen LogP contribution in [0.1, 0.15) is 17.0 Å². The molecule has 0 aliphatic carbocycles. The lowest BCUT2D eigenvalue weighted by atomic mass is 10.2. The monoisotopic (exact) mass is 406 g/mol. The van der Waals surface area contributed by atoms with Crippen molar-refractivity contribution in [3.63, 3.8) is 0 Å². The van der Waals surface area contributed by atoms with E-state index < -0.39 is 0 Å². The summed E-state index contributed by atoms with van der Waals surface area (Å²) >= 11 is 5.78. The van der Waals surface area contributed by atoms with Crippen LogP contribution in [-0.4, -0.2) is 5.16 Å². The largest absolute Gasteiger partial charge is 0.380 e. The molecule has 0 radical (unpaired) electrons. The van der Waals surface area contributed by atoms with Crippen molar-refractivity contribution >= 4 is 44.2 Å². The van der Waals surface area contributed by atoms with Crippen LogP contribution in [0.3, 0.4) is 0 Å². The summed E-state index contributed by atoms with van der Waals surface area (Å²) in [7, 11) is 0. The average Bonchev–Trinajstić information content (AvgIpc) is 2.61. The van der Waals surface area contributed by atoms with Gasteiger partial charge in [-0.15, -0.1) is 0 Å². The maximum atomic E-state index is 5.14. The number of hydrogen-bond acceptors (Lipinski definition) is 3. The smallest absolute Gasteiger partial charge is 0.138 e. The van der Waals surface area contributed by atoms with Crippen LogP contribution in [0, 0.1) is 17.4 Å². The Morgan fingerprint density at radius 1 is 1.41 bits per heavy atom. The fourth-order valence-electron chi connectivity index (χ4n) is 1.57. The van der Waals surface area contributed by atoms with E-state index in [0.717, 1.165) is 33.7 Å². The highest BCUT2D eigenvalue weighted by atomic mass is 127. The van der Waals surface area contributed by atoms with Gasteiger partial charge in [-0.1, -0.05) is 21.1 Å². The minimum absolute atomic E-state index is 0.730. The van der Waals surface area contributed by atoms with E-state index in [9.17, 15) is 0 Å². The molecule has 0 saturated heterocycles. The van der Waals surface area contributed by atoms with Gasteiger partial charge in [-0.3, -0.25) is 0 Å². The molecule has 1 N–H and O–H groups in total. The molecule has 0 unspecified atom stereocenters. The number of nitrogens with zero attached hydrogens (tertiary/aromatic N) is 1. The van der Waals surface area contributed by atoms with E-state index in [1.165, 1.54) is 3.57 Å². The van der Waals surface area contributed by atoms with Gasteiger partial charge < -0.3 is 9.84 Å². The third kappa shape index (κ3) is 3.01. The number of halogens is 2. The lowest BCUT2D eigenvalue weighted by molar-refractivity contribution is 0.392. The van der Waals surface area contributed by atoms with Crippen molar-refractivity contribution in [2.45, 2.75) is 20.4 Å². The third-order valence-electron chi connectivity index (χ3n) is 2.57. The molecule has 0 saturated carbocycles. The molecule has 0 spiro atoms. The molecule has 17 heavy (non-hydrogen) atoms. The number of hydrogen-bond donors (Lipinski definition) is 1. The molecule has 0 amide bonds. The maximum absolute atomic E-state index is 5.14. The van der Waals surface area contributed by atoms with E-state index in [0.29, 0.717) is 0 Å².